The van der Waals surface area contributed by atoms with Crippen molar-refractivity contribution in [3.05, 3.63) is 0 Å². The Bertz CT molecular complexity index is 287. The molecule has 0 N–H and O–H groups in total. The fourth-order valence-electron chi connectivity index (χ4n) is 3.46. The predicted octanol–water partition coefficient (Wildman–Crippen LogP) is 3.98. The van der Waals surface area contributed by atoms with Gasteiger partial charge in [0.05, 0.1) is 4.83 Å². The Morgan fingerprint density at radius 2 is 1.61 bits per heavy atom. The van der Waals surface area contributed by atoms with Gasteiger partial charge in [-0.15, -0.1) is 0 Å². The summed E-state index contributed by atoms with van der Waals surface area (Å²) in [6.45, 7) is 6.16. The van der Waals surface area contributed by atoms with E-state index in [1.807, 2.05) is 0 Å². The summed E-state index contributed by atoms with van der Waals surface area (Å²) in [6, 6.07) is 0. The van der Waals surface area contributed by atoms with Crippen LogP contribution in [0, 0.1) is 11.3 Å². The van der Waals surface area contributed by atoms with Crippen molar-refractivity contribution in [2.75, 3.05) is 13.1 Å². The first-order chi connectivity index (χ1) is 8.54. The lowest BCUT2D eigenvalue weighted by Gasteiger charge is -2.44. The van der Waals surface area contributed by atoms with Gasteiger partial charge >= 0.3 is 0 Å². The van der Waals surface area contributed by atoms with E-state index < -0.39 is 0 Å². The molecule has 0 bridgehead atoms. The molecule has 1 heterocycles. The molecular weight excluding hydrogens is 290 g/mol. The molecular formula is C15H26BrNO. The maximum absolute atomic E-state index is 12.3. The number of piperidine rings is 1. The Hall–Kier alpha value is -0.0500. The third kappa shape index (κ3) is 3.09. The number of hydrogen-bond donors (Lipinski definition) is 0. The number of halogens is 1. The Balaban J connectivity index is 1.88. The maximum atomic E-state index is 12.3. The minimum atomic E-state index is -0.00194. The van der Waals surface area contributed by atoms with Crippen LogP contribution < -0.4 is 0 Å². The van der Waals surface area contributed by atoms with Crippen LogP contribution in [-0.2, 0) is 4.79 Å². The molecule has 0 aromatic heterocycles. The van der Waals surface area contributed by atoms with Crippen molar-refractivity contribution >= 4 is 21.8 Å². The van der Waals surface area contributed by atoms with Crippen molar-refractivity contribution in [1.82, 2.24) is 4.90 Å². The van der Waals surface area contributed by atoms with Gasteiger partial charge in [0.15, 0.2) is 0 Å². The van der Waals surface area contributed by atoms with E-state index >= 15 is 0 Å². The van der Waals surface area contributed by atoms with Crippen molar-refractivity contribution < 1.29 is 4.79 Å². The van der Waals surface area contributed by atoms with Crippen molar-refractivity contribution in [1.29, 1.82) is 0 Å². The van der Waals surface area contributed by atoms with Crippen LogP contribution in [-0.4, -0.2) is 28.7 Å². The molecule has 1 spiro atoms. The summed E-state index contributed by atoms with van der Waals surface area (Å²) in [7, 11) is 0. The van der Waals surface area contributed by atoms with Gasteiger partial charge in [-0.25, -0.2) is 0 Å². The van der Waals surface area contributed by atoms with E-state index in [1.165, 1.54) is 44.9 Å². The third-order valence-corrected chi connectivity index (χ3v) is 6.32. The average molecular weight is 316 g/mol. The summed E-state index contributed by atoms with van der Waals surface area (Å²) >= 11 is 3.54. The van der Waals surface area contributed by atoms with Gasteiger partial charge in [0.1, 0.15) is 0 Å². The SMILES string of the molecule is CC(C)C(Br)C(=O)N1CCC2(CCCCC2)CC1. The molecule has 1 amide bonds. The number of hydrogen-bond acceptors (Lipinski definition) is 1. The normalized spacial score (nSPS) is 25.4. The number of carbonyl (C=O) groups excluding carboxylic acids is 1. The van der Waals surface area contributed by atoms with Crippen LogP contribution >= 0.6 is 15.9 Å². The number of amides is 1. The van der Waals surface area contributed by atoms with Crippen LogP contribution in [0.25, 0.3) is 0 Å². The van der Waals surface area contributed by atoms with Gasteiger partial charge in [-0.05, 0) is 37.0 Å². The molecule has 3 heteroatoms. The van der Waals surface area contributed by atoms with Crippen molar-refractivity contribution in [2.24, 2.45) is 11.3 Å². The van der Waals surface area contributed by atoms with Gasteiger partial charge in [0.25, 0.3) is 0 Å². The number of alkyl halides is 1. The summed E-state index contributed by atoms with van der Waals surface area (Å²) in [5.74, 6) is 0.679. The number of rotatable bonds is 2. The van der Waals surface area contributed by atoms with Gasteiger partial charge in [-0.2, -0.15) is 0 Å². The first-order valence-corrected chi connectivity index (χ1v) is 8.39. The monoisotopic (exact) mass is 315 g/mol. The van der Waals surface area contributed by atoms with Crippen molar-refractivity contribution in [2.45, 2.75) is 63.6 Å². The van der Waals surface area contributed by atoms with Gasteiger partial charge in [0, 0.05) is 13.1 Å². The zero-order valence-electron chi connectivity index (χ0n) is 11.8. The molecule has 2 nitrogen and oxygen atoms in total. The molecule has 0 aromatic carbocycles. The van der Waals surface area contributed by atoms with E-state index in [2.05, 4.69) is 34.7 Å². The minimum Gasteiger partial charge on any atom is -0.342 e. The lowest BCUT2D eigenvalue weighted by molar-refractivity contribution is -0.133. The quantitative estimate of drug-likeness (QED) is 0.706. The second kappa shape index (κ2) is 5.94. The zero-order valence-corrected chi connectivity index (χ0v) is 13.3. The molecule has 1 aliphatic heterocycles. The smallest absolute Gasteiger partial charge is 0.236 e. The number of carbonyl (C=O) groups is 1. The summed E-state index contributed by atoms with van der Waals surface area (Å²) in [6.07, 6.45) is 9.49. The van der Waals surface area contributed by atoms with E-state index in [1.54, 1.807) is 0 Å². The lowest BCUT2D eigenvalue weighted by atomic mass is 9.68. The highest BCUT2D eigenvalue weighted by atomic mass is 79.9. The van der Waals surface area contributed by atoms with Gasteiger partial charge in [-0.1, -0.05) is 49.0 Å². The second-order valence-corrected chi connectivity index (χ2v) is 7.52. The van der Waals surface area contributed by atoms with E-state index in [-0.39, 0.29) is 4.83 Å². The Labute approximate surface area is 120 Å². The van der Waals surface area contributed by atoms with E-state index in [9.17, 15) is 4.79 Å². The molecule has 1 aliphatic carbocycles. The summed E-state index contributed by atoms with van der Waals surface area (Å²) in [5, 5.41) is 0. The molecule has 104 valence electrons. The summed E-state index contributed by atoms with van der Waals surface area (Å²) in [4.78, 5) is 14.4. The predicted molar refractivity (Wildman–Crippen MR) is 78.9 cm³/mol. The molecule has 2 aliphatic rings. The fourth-order valence-corrected chi connectivity index (χ4v) is 3.75. The summed E-state index contributed by atoms with van der Waals surface area (Å²) in [5.41, 5.74) is 0.592. The summed E-state index contributed by atoms with van der Waals surface area (Å²) < 4.78 is 0. The Morgan fingerprint density at radius 1 is 1.06 bits per heavy atom. The molecule has 18 heavy (non-hydrogen) atoms. The van der Waals surface area contributed by atoms with Crippen LogP contribution in [0.2, 0.25) is 0 Å². The first kappa shape index (κ1) is 14.4. The zero-order chi connectivity index (χ0) is 13.2. The molecule has 0 aromatic rings. The minimum absolute atomic E-state index is 0.00194. The van der Waals surface area contributed by atoms with E-state index in [4.69, 9.17) is 0 Å². The molecule has 1 saturated heterocycles. The largest absolute Gasteiger partial charge is 0.342 e. The number of nitrogens with zero attached hydrogens (tertiary/aromatic N) is 1. The molecule has 1 saturated carbocycles. The van der Waals surface area contributed by atoms with Gasteiger partial charge in [0.2, 0.25) is 5.91 Å². The van der Waals surface area contributed by atoms with Crippen molar-refractivity contribution in [3.63, 3.8) is 0 Å². The average Bonchev–Trinajstić information content (AvgIpc) is 2.39. The highest BCUT2D eigenvalue weighted by Gasteiger charge is 2.37. The molecule has 0 radical (unpaired) electrons. The second-order valence-electron chi connectivity index (χ2n) is 6.53. The molecule has 1 unspecified atom stereocenters. The maximum Gasteiger partial charge on any atom is 0.236 e. The highest BCUT2D eigenvalue weighted by Crippen LogP contribution is 2.44. The standard InChI is InChI=1S/C15H26BrNO/c1-12(2)13(16)14(18)17-10-8-15(9-11-17)6-4-3-5-7-15/h12-13H,3-11H2,1-2H3. The van der Waals surface area contributed by atoms with Crippen LogP contribution in [0.15, 0.2) is 0 Å². The highest BCUT2D eigenvalue weighted by molar-refractivity contribution is 9.10. The lowest BCUT2D eigenvalue weighted by Crippen LogP contribution is -2.47. The number of likely N-dealkylation sites (tertiary alicyclic amines) is 1. The Morgan fingerprint density at radius 3 is 2.11 bits per heavy atom. The van der Waals surface area contributed by atoms with Crippen LogP contribution in [0.4, 0.5) is 0 Å². The van der Waals surface area contributed by atoms with Gasteiger partial charge in [-0.3, -0.25) is 4.79 Å². The van der Waals surface area contributed by atoms with Crippen molar-refractivity contribution in [3.8, 4) is 0 Å². The van der Waals surface area contributed by atoms with Crippen LogP contribution in [0.3, 0.4) is 0 Å². The first-order valence-electron chi connectivity index (χ1n) is 7.47. The fraction of sp³-hybridized carbons (Fsp3) is 0.933. The van der Waals surface area contributed by atoms with Crippen LogP contribution in [0.5, 0.6) is 0 Å². The Kier molecular flexibility index (Phi) is 4.74. The van der Waals surface area contributed by atoms with Gasteiger partial charge < -0.3 is 4.90 Å². The van der Waals surface area contributed by atoms with E-state index in [0.29, 0.717) is 17.2 Å². The topological polar surface area (TPSA) is 20.3 Å². The third-order valence-electron chi connectivity index (χ3n) is 4.87. The molecule has 2 rings (SSSR count). The molecule has 2 fully saturated rings. The molecule has 1 atom stereocenters. The van der Waals surface area contributed by atoms with E-state index in [0.717, 1.165) is 13.1 Å². The van der Waals surface area contributed by atoms with Crippen LogP contribution in [0.1, 0.15) is 58.8 Å².